The normalized spacial score (nSPS) is 18.9. The second kappa shape index (κ2) is 11.0. The average Bonchev–Trinajstić information content (AvgIpc) is 2.60. The lowest BCUT2D eigenvalue weighted by atomic mass is 9.83. The van der Waals surface area contributed by atoms with Crippen molar-refractivity contribution < 1.29 is 10.0 Å². The summed E-state index contributed by atoms with van der Waals surface area (Å²) >= 11 is 0. The maximum Gasteiger partial charge on any atom is 0.451 e. The third-order valence-electron chi connectivity index (χ3n) is 5.57. The largest absolute Gasteiger partial charge is 0.451 e. The molecule has 2 unspecified atom stereocenters. The molecule has 1 fully saturated rings. The van der Waals surface area contributed by atoms with Crippen molar-refractivity contribution in [2.45, 2.75) is 70.3 Å². The van der Waals surface area contributed by atoms with Crippen molar-refractivity contribution in [3.8, 4) is 0 Å². The van der Waals surface area contributed by atoms with E-state index in [0.29, 0.717) is 12.4 Å². The van der Waals surface area contributed by atoms with E-state index in [1.807, 2.05) is 0 Å². The Bertz CT molecular complexity index is 464. The first-order valence-electron chi connectivity index (χ1n) is 9.94. The molecule has 0 bridgehead atoms. The Labute approximate surface area is 153 Å². The molecular formula is C20H35BN2O2. The van der Waals surface area contributed by atoms with Gasteiger partial charge in [0, 0.05) is 12.1 Å². The number of nitrogens with two attached hydrogens (primary N) is 1. The van der Waals surface area contributed by atoms with Crippen LogP contribution in [0.15, 0.2) is 30.3 Å². The zero-order chi connectivity index (χ0) is 18.1. The second-order valence-electron chi connectivity index (χ2n) is 7.78. The van der Waals surface area contributed by atoms with Crippen LogP contribution in [0.4, 0.5) is 0 Å². The summed E-state index contributed by atoms with van der Waals surface area (Å²) in [5, 5.41) is 17.7. The van der Waals surface area contributed by atoms with E-state index in [1.54, 1.807) is 0 Å². The highest BCUT2D eigenvalue weighted by molar-refractivity contribution is 6.40. The van der Waals surface area contributed by atoms with E-state index in [4.69, 9.17) is 15.8 Å². The molecule has 2 atom stereocenters. The van der Waals surface area contributed by atoms with E-state index in [0.717, 1.165) is 31.6 Å². The predicted molar refractivity (Wildman–Crippen MR) is 105 cm³/mol. The molecule has 25 heavy (non-hydrogen) atoms. The summed E-state index contributed by atoms with van der Waals surface area (Å²) in [4.78, 5) is 2.60. The van der Waals surface area contributed by atoms with Gasteiger partial charge in [-0.05, 0) is 69.9 Å². The molecule has 4 nitrogen and oxygen atoms in total. The molecule has 1 aliphatic heterocycles. The van der Waals surface area contributed by atoms with Gasteiger partial charge in [0.05, 0.1) is 0 Å². The lowest BCUT2D eigenvalue weighted by Gasteiger charge is -2.37. The van der Waals surface area contributed by atoms with Gasteiger partial charge in [-0.3, -0.25) is 0 Å². The standard InChI is InChI=1S/C20H35BN2O2/c1-17(15-20(22)9-5-6-12-21(24)25)23-13-10-19(11-14-23)16-18-7-3-2-4-8-18/h2-4,7-8,17,19-20,24-25H,5-6,9-16,22H2,1H3. The van der Waals surface area contributed by atoms with Crippen molar-refractivity contribution in [3.63, 3.8) is 0 Å². The Kier molecular flexibility index (Phi) is 8.97. The molecule has 0 spiro atoms. The summed E-state index contributed by atoms with van der Waals surface area (Å²) in [6, 6.07) is 11.6. The third-order valence-corrected chi connectivity index (χ3v) is 5.57. The van der Waals surface area contributed by atoms with E-state index in [2.05, 4.69) is 42.2 Å². The van der Waals surface area contributed by atoms with Crippen molar-refractivity contribution in [2.75, 3.05) is 13.1 Å². The molecule has 1 aromatic rings. The maximum atomic E-state index is 8.87. The topological polar surface area (TPSA) is 69.7 Å². The molecule has 0 amide bonds. The smallest absolute Gasteiger partial charge is 0.427 e. The van der Waals surface area contributed by atoms with E-state index in [1.165, 1.54) is 37.9 Å². The van der Waals surface area contributed by atoms with Crippen LogP contribution < -0.4 is 5.73 Å². The van der Waals surface area contributed by atoms with Gasteiger partial charge in [-0.2, -0.15) is 0 Å². The number of unbranched alkanes of at least 4 members (excludes halogenated alkanes) is 1. The third kappa shape index (κ3) is 7.91. The number of hydrogen-bond donors (Lipinski definition) is 3. The van der Waals surface area contributed by atoms with Crippen LogP contribution in [0.2, 0.25) is 6.32 Å². The highest BCUT2D eigenvalue weighted by atomic mass is 16.4. The van der Waals surface area contributed by atoms with E-state index in [-0.39, 0.29) is 6.04 Å². The SMILES string of the molecule is CC(CC(N)CCCCB(O)O)N1CCC(Cc2ccccc2)CC1. The van der Waals surface area contributed by atoms with Gasteiger partial charge < -0.3 is 20.7 Å². The summed E-state index contributed by atoms with van der Waals surface area (Å²) < 4.78 is 0. The Morgan fingerprint density at radius 2 is 1.84 bits per heavy atom. The van der Waals surface area contributed by atoms with Crippen molar-refractivity contribution in [3.05, 3.63) is 35.9 Å². The Hall–Kier alpha value is -0.875. The quantitative estimate of drug-likeness (QED) is 0.450. The van der Waals surface area contributed by atoms with E-state index in [9.17, 15) is 0 Å². The number of nitrogens with zero attached hydrogens (tertiary/aromatic N) is 1. The number of benzene rings is 1. The molecule has 4 N–H and O–H groups in total. The Morgan fingerprint density at radius 3 is 2.48 bits per heavy atom. The molecule has 0 radical (unpaired) electrons. The molecule has 1 heterocycles. The first-order valence-corrected chi connectivity index (χ1v) is 9.94. The molecule has 1 saturated heterocycles. The summed E-state index contributed by atoms with van der Waals surface area (Å²) in [5.74, 6) is 0.810. The minimum atomic E-state index is -1.17. The summed E-state index contributed by atoms with van der Waals surface area (Å²) in [6.45, 7) is 4.67. The lowest BCUT2D eigenvalue weighted by Crippen LogP contribution is -2.43. The zero-order valence-electron chi connectivity index (χ0n) is 15.7. The van der Waals surface area contributed by atoms with Crippen LogP contribution in [0.5, 0.6) is 0 Å². The van der Waals surface area contributed by atoms with Gasteiger partial charge in [-0.25, -0.2) is 0 Å². The van der Waals surface area contributed by atoms with Crippen LogP contribution in [-0.2, 0) is 6.42 Å². The van der Waals surface area contributed by atoms with Crippen molar-refractivity contribution >= 4 is 7.12 Å². The second-order valence-corrected chi connectivity index (χ2v) is 7.78. The van der Waals surface area contributed by atoms with E-state index < -0.39 is 7.12 Å². The van der Waals surface area contributed by atoms with Crippen LogP contribution in [0, 0.1) is 5.92 Å². The van der Waals surface area contributed by atoms with Gasteiger partial charge >= 0.3 is 7.12 Å². The van der Waals surface area contributed by atoms with Gasteiger partial charge in [0.15, 0.2) is 0 Å². The van der Waals surface area contributed by atoms with Gasteiger partial charge in [-0.15, -0.1) is 0 Å². The van der Waals surface area contributed by atoms with Gasteiger partial charge in [0.2, 0.25) is 0 Å². The predicted octanol–water partition coefficient (Wildman–Crippen LogP) is 2.69. The maximum absolute atomic E-state index is 8.87. The van der Waals surface area contributed by atoms with Crippen molar-refractivity contribution in [1.82, 2.24) is 4.90 Å². The number of likely N-dealkylation sites (tertiary alicyclic amines) is 1. The Morgan fingerprint density at radius 1 is 1.16 bits per heavy atom. The fourth-order valence-corrected chi connectivity index (χ4v) is 3.98. The Balaban J connectivity index is 1.62. The van der Waals surface area contributed by atoms with Crippen molar-refractivity contribution in [2.24, 2.45) is 11.7 Å². The minimum absolute atomic E-state index is 0.216. The molecule has 5 heteroatoms. The number of hydrogen-bond acceptors (Lipinski definition) is 4. The van der Waals surface area contributed by atoms with Crippen LogP contribution in [0.25, 0.3) is 0 Å². The number of piperidine rings is 1. The summed E-state index contributed by atoms with van der Waals surface area (Å²) in [6.07, 6.45) is 8.05. The van der Waals surface area contributed by atoms with Crippen molar-refractivity contribution in [1.29, 1.82) is 0 Å². The average molecular weight is 346 g/mol. The fourth-order valence-electron chi connectivity index (χ4n) is 3.98. The number of rotatable bonds is 10. The molecule has 0 aromatic heterocycles. The van der Waals surface area contributed by atoms with Gasteiger partial charge in [0.25, 0.3) is 0 Å². The molecule has 0 aliphatic carbocycles. The molecule has 1 aliphatic rings. The first kappa shape index (κ1) is 20.4. The molecule has 2 rings (SSSR count). The van der Waals surface area contributed by atoms with E-state index >= 15 is 0 Å². The molecular weight excluding hydrogens is 311 g/mol. The van der Waals surface area contributed by atoms with Gasteiger partial charge in [-0.1, -0.05) is 43.2 Å². The molecule has 1 aromatic carbocycles. The minimum Gasteiger partial charge on any atom is -0.427 e. The van der Waals surface area contributed by atoms with Crippen LogP contribution >= 0.6 is 0 Å². The highest BCUT2D eigenvalue weighted by Crippen LogP contribution is 2.24. The van der Waals surface area contributed by atoms with Crippen LogP contribution in [-0.4, -0.2) is 47.2 Å². The summed E-state index contributed by atoms with van der Waals surface area (Å²) in [5.41, 5.74) is 7.74. The lowest BCUT2D eigenvalue weighted by molar-refractivity contribution is 0.130. The first-order chi connectivity index (χ1) is 12.0. The highest BCUT2D eigenvalue weighted by Gasteiger charge is 2.23. The monoisotopic (exact) mass is 346 g/mol. The zero-order valence-corrected chi connectivity index (χ0v) is 15.7. The summed E-state index contributed by atoms with van der Waals surface area (Å²) in [7, 11) is -1.17. The van der Waals surface area contributed by atoms with Crippen LogP contribution in [0.3, 0.4) is 0 Å². The van der Waals surface area contributed by atoms with Crippen LogP contribution in [0.1, 0.15) is 51.0 Å². The fraction of sp³-hybridized carbons (Fsp3) is 0.700. The molecule has 140 valence electrons. The molecule has 0 saturated carbocycles. The van der Waals surface area contributed by atoms with Gasteiger partial charge in [0.1, 0.15) is 0 Å².